The maximum Gasteiger partial charge on any atom is 0.243 e. The van der Waals surface area contributed by atoms with E-state index < -0.39 is 6.10 Å². The van der Waals surface area contributed by atoms with Crippen molar-refractivity contribution >= 4 is 22.4 Å². The first-order valence-electron chi connectivity index (χ1n) is 8.97. The van der Waals surface area contributed by atoms with Crippen LogP contribution in [0.4, 0.5) is 5.13 Å². The molecule has 1 aromatic rings. The maximum absolute atomic E-state index is 12.7. The van der Waals surface area contributed by atoms with E-state index in [1.165, 1.54) is 11.3 Å². The Morgan fingerprint density at radius 3 is 2.72 bits per heavy atom. The molecule has 2 fully saturated rings. The second-order valence-electron chi connectivity index (χ2n) is 8.07. The normalized spacial score (nSPS) is 26.1. The van der Waals surface area contributed by atoms with E-state index >= 15 is 0 Å². The van der Waals surface area contributed by atoms with Gasteiger partial charge in [0.2, 0.25) is 11.0 Å². The molecule has 0 bridgehead atoms. The topological polar surface area (TPSA) is 87.6 Å². The number of rotatable bonds is 4. The number of aliphatic hydroxyl groups excluding tert-OH is 1. The number of hydrogen-bond acceptors (Lipinski definition) is 7. The van der Waals surface area contributed by atoms with Crippen molar-refractivity contribution in [1.29, 1.82) is 0 Å². The van der Waals surface area contributed by atoms with Gasteiger partial charge in [-0.05, 0) is 25.2 Å². The Labute approximate surface area is 152 Å². The highest BCUT2D eigenvalue weighted by Gasteiger charge is 2.37. The smallest absolute Gasteiger partial charge is 0.243 e. The quantitative estimate of drug-likeness (QED) is 0.840. The number of amides is 1. The van der Waals surface area contributed by atoms with Crippen LogP contribution in [0.3, 0.4) is 0 Å². The third kappa shape index (κ3) is 4.75. The Morgan fingerprint density at radius 2 is 2.08 bits per heavy atom. The Balaban J connectivity index is 1.61. The zero-order chi connectivity index (χ0) is 18.0. The summed E-state index contributed by atoms with van der Waals surface area (Å²) >= 11 is 1.41. The number of anilines is 1. The lowest BCUT2D eigenvalue weighted by Crippen LogP contribution is -2.42. The molecule has 8 heteroatoms. The van der Waals surface area contributed by atoms with E-state index in [0.29, 0.717) is 24.0 Å². The third-order valence-corrected chi connectivity index (χ3v) is 6.08. The molecule has 0 aromatic carbocycles. The van der Waals surface area contributed by atoms with Crippen LogP contribution in [0.1, 0.15) is 45.0 Å². The molecule has 140 valence electrons. The number of carbonyl (C=O) groups excluding carboxylic acids is 1. The van der Waals surface area contributed by atoms with Gasteiger partial charge in [-0.1, -0.05) is 32.1 Å². The van der Waals surface area contributed by atoms with Crippen molar-refractivity contribution in [3.63, 3.8) is 0 Å². The third-order valence-electron chi connectivity index (χ3n) is 4.81. The Hall–Kier alpha value is -1.09. The van der Waals surface area contributed by atoms with Crippen LogP contribution in [0.15, 0.2) is 0 Å². The minimum absolute atomic E-state index is 0.0840. The van der Waals surface area contributed by atoms with Crippen LogP contribution in [-0.2, 0) is 14.9 Å². The molecule has 3 heterocycles. The molecule has 2 N–H and O–H groups in total. The highest BCUT2D eigenvalue weighted by Crippen LogP contribution is 2.29. The van der Waals surface area contributed by atoms with E-state index in [9.17, 15) is 9.90 Å². The van der Waals surface area contributed by atoms with E-state index in [2.05, 4.69) is 41.2 Å². The van der Waals surface area contributed by atoms with Gasteiger partial charge < -0.3 is 9.84 Å². The van der Waals surface area contributed by atoms with Gasteiger partial charge in [0.05, 0.1) is 12.1 Å². The van der Waals surface area contributed by atoms with Crippen molar-refractivity contribution in [2.75, 3.05) is 31.6 Å². The van der Waals surface area contributed by atoms with Gasteiger partial charge in [-0.2, -0.15) is 0 Å². The van der Waals surface area contributed by atoms with Crippen molar-refractivity contribution in [3.8, 4) is 0 Å². The molecule has 0 radical (unpaired) electrons. The van der Waals surface area contributed by atoms with Gasteiger partial charge >= 0.3 is 0 Å². The monoisotopic (exact) mass is 368 g/mol. The molecule has 2 atom stereocenters. The van der Waals surface area contributed by atoms with E-state index in [0.717, 1.165) is 37.6 Å². The molecule has 0 aliphatic carbocycles. The van der Waals surface area contributed by atoms with Gasteiger partial charge in [-0.25, -0.2) is 0 Å². The predicted molar refractivity (Wildman–Crippen MR) is 96.8 cm³/mol. The van der Waals surface area contributed by atoms with Gasteiger partial charge in [-0.15, -0.1) is 10.2 Å². The SMILES string of the molecule is CC(C)(C)c1nnc(NC(=O)[C@@H]2C[C@H](O)CN2CC2CCOCC2)s1. The van der Waals surface area contributed by atoms with Gasteiger partial charge in [0.15, 0.2) is 0 Å². The van der Waals surface area contributed by atoms with Crippen molar-refractivity contribution in [2.24, 2.45) is 5.92 Å². The molecule has 2 aliphatic heterocycles. The summed E-state index contributed by atoms with van der Waals surface area (Å²) in [6, 6.07) is -0.306. The number of carbonyl (C=O) groups is 1. The fourth-order valence-corrected chi connectivity index (χ4v) is 4.18. The van der Waals surface area contributed by atoms with Gasteiger partial charge in [0.1, 0.15) is 5.01 Å². The fourth-order valence-electron chi connectivity index (χ4n) is 3.38. The summed E-state index contributed by atoms with van der Waals surface area (Å²) in [4.78, 5) is 14.8. The van der Waals surface area contributed by atoms with Crippen LogP contribution < -0.4 is 5.32 Å². The molecule has 0 saturated carbocycles. The Morgan fingerprint density at radius 1 is 1.36 bits per heavy atom. The summed E-state index contributed by atoms with van der Waals surface area (Å²) in [6.45, 7) is 9.18. The largest absolute Gasteiger partial charge is 0.392 e. The van der Waals surface area contributed by atoms with Crippen molar-refractivity contribution in [1.82, 2.24) is 15.1 Å². The van der Waals surface area contributed by atoms with Crippen LogP contribution in [-0.4, -0.2) is 64.6 Å². The van der Waals surface area contributed by atoms with E-state index in [4.69, 9.17) is 4.74 Å². The summed E-state index contributed by atoms with van der Waals surface area (Å²) in [5.74, 6) is 0.434. The Bertz CT molecular complexity index is 595. The lowest BCUT2D eigenvalue weighted by molar-refractivity contribution is -0.120. The summed E-state index contributed by atoms with van der Waals surface area (Å²) < 4.78 is 5.41. The van der Waals surface area contributed by atoms with Gasteiger partial charge in [-0.3, -0.25) is 15.0 Å². The van der Waals surface area contributed by atoms with E-state index in [-0.39, 0.29) is 17.4 Å². The zero-order valence-electron chi connectivity index (χ0n) is 15.2. The Kier molecular flexibility index (Phi) is 5.72. The molecule has 1 amide bonds. The number of aromatic nitrogens is 2. The molecule has 2 aliphatic rings. The van der Waals surface area contributed by atoms with Crippen LogP contribution >= 0.6 is 11.3 Å². The fraction of sp³-hybridized carbons (Fsp3) is 0.824. The molecular weight excluding hydrogens is 340 g/mol. The first kappa shape index (κ1) is 18.7. The molecule has 0 unspecified atom stereocenters. The predicted octanol–water partition coefficient (Wildman–Crippen LogP) is 1.64. The lowest BCUT2D eigenvalue weighted by atomic mass is 9.98. The highest BCUT2D eigenvalue weighted by atomic mass is 32.1. The second-order valence-corrected chi connectivity index (χ2v) is 9.04. The highest BCUT2D eigenvalue weighted by molar-refractivity contribution is 7.15. The second kappa shape index (κ2) is 7.65. The number of nitrogens with one attached hydrogen (secondary N) is 1. The number of hydrogen-bond donors (Lipinski definition) is 2. The number of aliphatic hydroxyl groups is 1. The number of likely N-dealkylation sites (tertiary alicyclic amines) is 1. The molecule has 3 rings (SSSR count). The first-order chi connectivity index (χ1) is 11.8. The van der Waals surface area contributed by atoms with Gasteiger partial charge in [0, 0.05) is 31.7 Å². The van der Waals surface area contributed by atoms with E-state index in [1.54, 1.807) is 0 Å². The van der Waals surface area contributed by atoms with Crippen LogP contribution in [0.2, 0.25) is 0 Å². The van der Waals surface area contributed by atoms with Gasteiger partial charge in [0.25, 0.3) is 0 Å². The number of nitrogens with zero attached hydrogens (tertiary/aromatic N) is 3. The molecular formula is C17H28N4O3S. The zero-order valence-corrected chi connectivity index (χ0v) is 16.0. The minimum Gasteiger partial charge on any atom is -0.392 e. The summed E-state index contributed by atoms with van der Waals surface area (Å²) in [6.07, 6.45) is 2.06. The van der Waals surface area contributed by atoms with Crippen LogP contribution in [0, 0.1) is 5.92 Å². The molecule has 25 heavy (non-hydrogen) atoms. The summed E-state index contributed by atoms with van der Waals surface area (Å²) in [5, 5.41) is 22.6. The average Bonchev–Trinajstić information content (AvgIpc) is 3.15. The maximum atomic E-state index is 12.7. The first-order valence-corrected chi connectivity index (χ1v) is 9.79. The van der Waals surface area contributed by atoms with Crippen LogP contribution in [0.5, 0.6) is 0 Å². The average molecular weight is 369 g/mol. The number of β-amino-alcohol motifs (C(OH)–C–C–N with tert-alkyl or cyclic N) is 1. The standard InChI is InChI=1S/C17H28N4O3S/c1-17(2,3)15-19-20-16(25-15)18-14(23)13-8-12(22)10-21(13)9-11-4-6-24-7-5-11/h11-13,22H,4-10H2,1-3H3,(H,18,20,23)/t12-,13-/m0/s1. The van der Waals surface area contributed by atoms with Crippen molar-refractivity contribution < 1.29 is 14.6 Å². The van der Waals surface area contributed by atoms with Crippen molar-refractivity contribution in [2.45, 2.75) is 57.6 Å². The lowest BCUT2D eigenvalue weighted by Gasteiger charge is -2.29. The molecule has 1 aromatic heterocycles. The molecule has 0 spiro atoms. The van der Waals surface area contributed by atoms with E-state index in [1.807, 2.05) is 0 Å². The molecule has 2 saturated heterocycles. The molecule has 7 nitrogen and oxygen atoms in total. The minimum atomic E-state index is -0.449. The number of ether oxygens (including phenoxy) is 1. The van der Waals surface area contributed by atoms with Crippen molar-refractivity contribution in [3.05, 3.63) is 5.01 Å². The van der Waals surface area contributed by atoms with Crippen LogP contribution in [0.25, 0.3) is 0 Å². The summed E-state index contributed by atoms with van der Waals surface area (Å²) in [5.41, 5.74) is -0.0840. The summed E-state index contributed by atoms with van der Waals surface area (Å²) in [7, 11) is 0.